The zero-order valence-electron chi connectivity index (χ0n) is 28.8. The Morgan fingerprint density at radius 2 is 1.82 bits per heavy atom. The van der Waals surface area contributed by atoms with Crippen LogP contribution in [-0.2, 0) is 14.8 Å². The number of piperidine rings is 1. The Balaban J connectivity index is 1.32. The van der Waals surface area contributed by atoms with Gasteiger partial charge < -0.3 is 24.2 Å². The number of rotatable bonds is 8. The summed E-state index contributed by atoms with van der Waals surface area (Å²) in [5.74, 6) is 0.123. The summed E-state index contributed by atoms with van der Waals surface area (Å²) in [7, 11) is -4.08. The molecule has 6 rings (SSSR count). The van der Waals surface area contributed by atoms with Crippen LogP contribution in [-0.4, -0.2) is 76.7 Å². The third-order valence-corrected chi connectivity index (χ3v) is 8.95. The molecule has 1 aliphatic heterocycles. The minimum Gasteiger partial charge on any atom is -0.444 e. The van der Waals surface area contributed by atoms with E-state index in [0.717, 1.165) is 16.6 Å². The molecule has 16 heteroatoms. The number of aryl methyl sites for hydroxylation is 2. The molecule has 0 spiro atoms. The van der Waals surface area contributed by atoms with Crippen LogP contribution in [0.1, 0.15) is 38.5 Å². The molecule has 1 fully saturated rings. The summed E-state index contributed by atoms with van der Waals surface area (Å²) in [6.07, 6.45) is 2.30. The number of benzene rings is 2. The monoisotopic (exact) mass is 721 g/mol. The molecule has 0 aliphatic carbocycles. The maximum atomic E-state index is 15.6. The van der Waals surface area contributed by atoms with Gasteiger partial charge in [-0.25, -0.2) is 41.3 Å². The first kappa shape index (κ1) is 35.4. The lowest BCUT2D eigenvalue weighted by Gasteiger charge is -2.36. The van der Waals surface area contributed by atoms with Gasteiger partial charge in [-0.05, 0) is 70.5 Å². The van der Waals surface area contributed by atoms with E-state index in [2.05, 4.69) is 25.4 Å². The molecule has 1 saturated heterocycles. The minimum atomic E-state index is -4.08. The number of ether oxygens (including phenoxy) is 2. The van der Waals surface area contributed by atoms with Crippen molar-refractivity contribution in [2.75, 3.05) is 29.0 Å². The van der Waals surface area contributed by atoms with Crippen molar-refractivity contribution in [1.29, 1.82) is 0 Å². The van der Waals surface area contributed by atoms with Crippen LogP contribution in [0.4, 0.5) is 31.0 Å². The van der Waals surface area contributed by atoms with Crippen molar-refractivity contribution in [3.63, 3.8) is 0 Å². The Bertz CT molecular complexity index is 2210. The molecule has 5 aromatic rings. The molecule has 2 aromatic carbocycles. The zero-order chi connectivity index (χ0) is 36.7. The number of amides is 1. The van der Waals surface area contributed by atoms with E-state index in [-0.39, 0.29) is 48.2 Å². The number of aromatic nitrogens is 4. The second-order valence-electron chi connectivity index (χ2n) is 13.3. The molecular weight excluding hydrogens is 684 g/mol. The molecule has 1 amide bonds. The molecule has 51 heavy (non-hydrogen) atoms. The van der Waals surface area contributed by atoms with Crippen LogP contribution in [0.3, 0.4) is 0 Å². The summed E-state index contributed by atoms with van der Waals surface area (Å²) >= 11 is 0. The number of sulfonamides is 1. The third-order valence-electron chi connectivity index (χ3n) is 7.91. The van der Waals surface area contributed by atoms with Crippen LogP contribution in [0.25, 0.3) is 22.0 Å². The topological polar surface area (TPSA) is 153 Å². The van der Waals surface area contributed by atoms with Gasteiger partial charge in [0.15, 0.2) is 5.82 Å². The Kier molecular flexibility index (Phi) is 9.55. The molecule has 0 saturated carbocycles. The standard InChI is InChI=1S/C35H37F2N7O6S/c1-20-9-10-24-25(11-12-27(37)30(24)44(51(6,46)47)29-16-21(2)50-42-29)31(20)48-32-26(8-7-14-38-32)28-13-15-39-33(41-28)40-23-17-22(36)18-43(19-23)34(45)49-35(3,4)5/h7-16,22-23H,17-19H2,1-6H3,(H,39,40,41). The van der Waals surface area contributed by atoms with Crippen molar-refractivity contribution in [3.05, 3.63) is 78.1 Å². The normalized spacial score (nSPS) is 16.6. The van der Waals surface area contributed by atoms with Gasteiger partial charge in [-0.1, -0.05) is 17.3 Å². The molecule has 0 bridgehead atoms. The van der Waals surface area contributed by atoms with Gasteiger partial charge >= 0.3 is 6.09 Å². The van der Waals surface area contributed by atoms with Crippen molar-refractivity contribution in [2.45, 2.75) is 58.9 Å². The molecule has 1 N–H and O–H groups in total. The Labute approximate surface area is 293 Å². The number of nitrogens with zero attached hydrogens (tertiary/aromatic N) is 6. The number of halogens is 2. The van der Waals surface area contributed by atoms with E-state index in [1.165, 1.54) is 29.4 Å². The molecular formula is C35H37F2N7O6S. The highest BCUT2D eigenvalue weighted by Gasteiger charge is 2.33. The van der Waals surface area contributed by atoms with E-state index >= 15 is 4.39 Å². The number of alkyl halides is 1. The van der Waals surface area contributed by atoms with Crippen LogP contribution in [0.2, 0.25) is 0 Å². The summed E-state index contributed by atoms with van der Waals surface area (Å²) in [5.41, 5.74) is 0.615. The van der Waals surface area contributed by atoms with Gasteiger partial charge in [0.25, 0.3) is 0 Å². The summed E-state index contributed by atoms with van der Waals surface area (Å²) in [6.45, 7) is 8.77. The Morgan fingerprint density at radius 1 is 1.06 bits per heavy atom. The van der Waals surface area contributed by atoms with Crippen molar-refractivity contribution in [3.8, 4) is 22.9 Å². The number of pyridine rings is 1. The number of likely N-dealkylation sites (tertiary alicyclic amines) is 1. The highest BCUT2D eigenvalue weighted by atomic mass is 32.2. The summed E-state index contributed by atoms with van der Waals surface area (Å²) in [6, 6.07) is 12.0. The largest absolute Gasteiger partial charge is 0.444 e. The fraction of sp³-hybridized carbons (Fsp3) is 0.343. The van der Waals surface area contributed by atoms with Gasteiger partial charge in [0.05, 0.1) is 24.1 Å². The lowest BCUT2D eigenvalue weighted by Crippen LogP contribution is -2.51. The minimum absolute atomic E-state index is 0.0712. The number of nitrogens with one attached hydrogen (secondary N) is 1. The lowest BCUT2D eigenvalue weighted by atomic mass is 10.0. The van der Waals surface area contributed by atoms with E-state index in [9.17, 15) is 17.6 Å². The highest BCUT2D eigenvalue weighted by molar-refractivity contribution is 7.92. The fourth-order valence-corrected chi connectivity index (χ4v) is 6.77. The van der Waals surface area contributed by atoms with Gasteiger partial charge in [-0.2, -0.15) is 0 Å². The number of carbonyl (C=O) groups is 1. The number of fused-ring (bicyclic) bond motifs is 1. The average Bonchev–Trinajstić information content (AvgIpc) is 3.47. The van der Waals surface area contributed by atoms with Crippen LogP contribution < -0.4 is 14.4 Å². The van der Waals surface area contributed by atoms with E-state index in [0.29, 0.717) is 33.7 Å². The summed E-state index contributed by atoms with van der Waals surface area (Å²) < 4.78 is 74.2. The first-order chi connectivity index (χ1) is 24.1. The van der Waals surface area contributed by atoms with Crippen molar-refractivity contribution in [2.24, 2.45) is 0 Å². The smallest absolute Gasteiger partial charge is 0.410 e. The number of hydrogen-bond acceptors (Lipinski definition) is 11. The van der Waals surface area contributed by atoms with Gasteiger partial charge in [-0.15, -0.1) is 0 Å². The predicted molar refractivity (Wildman–Crippen MR) is 187 cm³/mol. The van der Waals surface area contributed by atoms with Crippen LogP contribution in [0, 0.1) is 19.7 Å². The third kappa shape index (κ3) is 7.85. The van der Waals surface area contributed by atoms with Gasteiger partial charge in [0.2, 0.25) is 21.9 Å². The average molecular weight is 722 g/mol. The molecule has 268 valence electrons. The second kappa shape index (κ2) is 13.7. The van der Waals surface area contributed by atoms with Gasteiger partial charge in [-0.3, -0.25) is 0 Å². The number of hydrogen-bond donors (Lipinski definition) is 1. The SMILES string of the molecule is Cc1cc(N(c2c(F)ccc3c(Oc4ncccc4-c4ccnc(NC5CC(F)CN(C(=O)OC(C)(C)C)C5)n4)c(C)ccc23)S(C)(=O)=O)no1. The Hall–Kier alpha value is -5.38. The summed E-state index contributed by atoms with van der Waals surface area (Å²) in [5, 5.41) is 7.64. The summed E-state index contributed by atoms with van der Waals surface area (Å²) in [4.78, 5) is 27.4. The van der Waals surface area contributed by atoms with E-state index < -0.39 is 39.7 Å². The van der Waals surface area contributed by atoms with Gasteiger partial charge in [0.1, 0.15) is 34.8 Å². The maximum absolute atomic E-state index is 15.6. The highest BCUT2D eigenvalue weighted by Crippen LogP contribution is 2.43. The van der Waals surface area contributed by atoms with Crippen LogP contribution >= 0.6 is 0 Å². The maximum Gasteiger partial charge on any atom is 0.410 e. The number of carbonyl (C=O) groups excluding carboxylic acids is 1. The van der Waals surface area contributed by atoms with Crippen molar-refractivity contribution >= 4 is 44.3 Å². The first-order valence-corrected chi connectivity index (χ1v) is 17.9. The van der Waals surface area contributed by atoms with Crippen molar-refractivity contribution in [1.82, 2.24) is 25.0 Å². The molecule has 13 nitrogen and oxygen atoms in total. The molecule has 0 radical (unpaired) electrons. The Morgan fingerprint density at radius 3 is 2.53 bits per heavy atom. The molecule has 4 heterocycles. The molecule has 3 aromatic heterocycles. The van der Waals surface area contributed by atoms with Gasteiger partial charge in [0, 0.05) is 48.2 Å². The molecule has 2 atom stereocenters. The van der Waals surface area contributed by atoms with E-state index in [1.54, 1.807) is 65.0 Å². The second-order valence-corrected chi connectivity index (χ2v) is 15.1. The number of anilines is 3. The zero-order valence-corrected chi connectivity index (χ0v) is 29.7. The predicted octanol–water partition coefficient (Wildman–Crippen LogP) is 7.09. The van der Waals surface area contributed by atoms with E-state index in [4.69, 9.17) is 14.0 Å². The first-order valence-electron chi connectivity index (χ1n) is 16.1. The fourth-order valence-electron chi connectivity index (χ4n) is 5.83. The quantitative estimate of drug-likeness (QED) is 0.175. The van der Waals surface area contributed by atoms with Crippen LogP contribution in [0.15, 0.2) is 65.4 Å². The molecule has 1 aliphatic rings. The molecule has 2 unspecified atom stereocenters. The van der Waals surface area contributed by atoms with E-state index in [1.807, 2.05) is 0 Å². The van der Waals surface area contributed by atoms with Crippen molar-refractivity contribution < 1.29 is 36.0 Å². The lowest BCUT2D eigenvalue weighted by molar-refractivity contribution is 0.0124. The van der Waals surface area contributed by atoms with Crippen LogP contribution in [0.5, 0.6) is 11.6 Å².